The second kappa shape index (κ2) is 7.45. The number of nitrogens with one attached hydrogen (secondary N) is 1. The van der Waals surface area contributed by atoms with E-state index in [1.54, 1.807) is 0 Å². The van der Waals surface area contributed by atoms with Gasteiger partial charge in [0.25, 0.3) is 5.91 Å². The summed E-state index contributed by atoms with van der Waals surface area (Å²) < 4.78 is 0. The second-order valence-corrected chi connectivity index (χ2v) is 6.40. The normalized spacial score (nSPS) is 13.4. The van der Waals surface area contributed by atoms with Crippen molar-refractivity contribution in [2.75, 3.05) is 5.32 Å². The van der Waals surface area contributed by atoms with Crippen molar-refractivity contribution in [3.63, 3.8) is 0 Å². The van der Waals surface area contributed by atoms with Gasteiger partial charge in [0.15, 0.2) is 0 Å². The van der Waals surface area contributed by atoms with Crippen LogP contribution in [0.4, 0.5) is 5.69 Å². The van der Waals surface area contributed by atoms with E-state index in [4.69, 9.17) is 0 Å². The van der Waals surface area contributed by atoms with Gasteiger partial charge in [0, 0.05) is 11.3 Å². The summed E-state index contributed by atoms with van der Waals surface area (Å²) in [6, 6.07) is 14.4. The standard InChI is InChI=1S/C21H25NO/c1-2-3-7-16-12-14-18(15-13-16)22-21(23)20-11-6-9-17-8-4-5-10-19(17)20/h6,9,11-15H,2-5,7-8,10H2,1H3,(H,22,23). The molecular weight excluding hydrogens is 282 g/mol. The SMILES string of the molecule is CCCCc1ccc(NC(=O)c2cccc3c2CCCC3)cc1. The van der Waals surface area contributed by atoms with Crippen LogP contribution in [0, 0.1) is 0 Å². The summed E-state index contributed by atoms with van der Waals surface area (Å²) >= 11 is 0. The molecule has 23 heavy (non-hydrogen) atoms. The van der Waals surface area contributed by atoms with Gasteiger partial charge in [-0.1, -0.05) is 37.6 Å². The topological polar surface area (TPSA) is 29.1 Å². The zero-order valence-corrected chi connectivity index (χ0v) is 13.9. The zero-order chi connectivity index (χ0) is 16.1. The first-order valence-corrected chi connectivity index (χ1v) is 8.79. The summed E-state index contributed by atoms with van der Waals surface area (Å²) in [4.78, 5) is 12.6. The van der Waals surface area contributed by atoms with Gasteiger partial charge in [-0.05, 0) is 73.4 Å². The predicted molar refractivity (Wildman–Crippen MR) is 96.1 cm³/mol. The van der Waals surface area contributed by atoms with Crippen molar-refractivity contribution in [1.82, 2.24) is 0 Å². The van der Waals surface area contributed by atoms with Gasteiger partial charge in [-0.3, -0.25) is 4.79 Å². The van der Waals surface area contributed by atoms with E-state index in [1.807, 2.05) is 24.3 Å². The van der Waals surface area contributed by atoms with Crippen molar-refractivity contribution >= 4 is 11.6 Å². The summed E-state index contributed by atoms with van der Waals surface area (Å²) in [6.07, 6.45) is 8.06. The van der Waals surface area contributed by atoms with E-state index in [0.717, 1.165) is 30.5 Å². The van der Waals surface area contributed by atoms with E-state index in [2.05, 4.69) is 30.4 Å². The molecule has 0 radical (unpaired) electrons. The molecule has 1 aliphatic carbocycles. The monoisotopic (exact) mass is 307 g/mol. The molecule has 0 heterocycles. The number of rotatable bonds is 5. The molecule has 1 aliphatic rings. The lowest BCUT2D eigenvalue weighted by Gasteiger charge is -2.19. The van der Waals surface area contributed by atoms with Gasteiger partial charge >= 0.3 is 0 Å². The Labute approximate surface area is 138 Å². The maximum absolute atomic E-state index is 12.6. The first-order valence-electron chi connectivity index (χ1n) is 8.79. The predicted octanol–water partition coefficient (Wildman–Crippen LogP) is 5.16. The molecule has 0 bridgehead atoms. The van der Waals surface area contributed by atoms with Gasteiger partial charge in [-0.15, -0.1) is 0 Å². The minimum Gasteiger partial charge on any atom is -0.322 e. The number of benzene rings is 2. The van der Waals surface area contributed by atoms with Crippen LogP contribution in [-0.2, 0) is 19.3 Å². The van der Waals surface area contributed by atoms with E-state index in [0.29, 0.717) is 0 Å². The number of amides is 1. The quantitative estimate of drug-likeness (QED) is 0.812. The van der Waals surface area contributed by atoms with Gasteiger partial charge in [0.05, 0.1) is 0 Å². The smallest absolute Gasteiger partial charge is 0.255 e. The molecule has 0 fully saturated rings. The van der Waals surface area contributed by atoms with E-state index >= 15 is 0 Å². The number of carbonyl (C=O) groups excluding carboxylic acids is 1. The van der Waals surface area contributed by atoms with Gasteiger partial charge in [-0.2, -0.15) is 0 Å². The Hall–Kier alpha value is -2.09. The molecule has 2 aromatic carbocycles. The third-order valence-corrected chi connectivity index (χ3v) is 4.67. The summed E-state index contributed by atoms with van der Waals surface area (Å²) in [7, 11) is 0. The number of fused-ring (bicyclic) bond motifs is 1. The Morgan fingerprint density at radius 1 is 1.04 bits per heavy atom. The molecule has 3 rings (SSSR count). The first-order chi connectivity index (χ1) is 11.3. The van der Waals surface area contributed by atoms with Crippen LogP contribution in [0.25, 0.3) is 0 Å². The van der Waals surface area contributed by atoms with Crippen LogP contribution in [0.15, 0.2) is 42.5 Å². The van der Waals surface area contributed by atoms with Crippen LogP contribution in [0.3, 0.4) is 0 Å². The van der Waals surface area contributed by atoms with E-state index in [1.165, 1.54) is 42.4 Å². The largest absolute Gasteiger partial charge is 0.322 e. The molecule has 2 heteroatoms. The van der Waals surface area contributed by atoms with Crippen molar-refractivity contribution in [2.24, 2.45) is 0 Å². The van der Waals surface area contributed by atoms with Crippen LogP contribution in [0.1, 0.15) is 59.7 Å². The zero-order valence-electron chi connectivity index (χ0n) is 13.9. The first kappa shape index (κ1) is 15.8. The molecule has 1 N–H and O–H groups in total. The maximum Gasteiger partial charge on any atom is 0.255 e. The number of carbonyl (C=O) groups is 1. The van der Waals surface area contributed by atoms with Crippen molar-refractivity contribution < 1.29 is 4.79 Å². The number of unbranched alkanes of at least 4 members (excludes halogenated alkanes) is 1. The second-order valence-electron chi connectivity index (χ2n) is 6.40. The lowest BCUT2D eigenvalue weighted by molar-refractivity contribution is 0.102. The fourth-order valence-corrected chi connectivity index (χ4v) is 3.33. The van der Waals surface area contributed by atoms with Crippen LogP contribution >= 0.6 is 0 Å². The number of hydrogen-bond acceptors (Lipinski definition) is 1. The highest BCUT2D eigenvalue weighted by molar-refractivity contribution is 6.05. The number of aryl methyl sites for hydroxylation is 2. The third kappa shape index (κ3) is 3.82. The summed E-state index contributed by atoms with van der Waals surface area (Å²) in [5.41, 5.74) is 5.65. The summed E-state index contributed by atoms with van der Waals surface area (Å²) in [5, 5.41) is 3.05. The lowest BCUT2D eigenvalue weighted by Crippen LogP contribution is -2.17. The summed E-state index contributed by atoms with van der Waals surface area (Å²) in [6.45, 7) is 2.20. The highest BCUT2D eigenvalue weighted by atomic mass is 16.1. The fraction of sp³-hybridized carbons (Fsp3) is 0.381. The van der Waals surface area contributed by atoms with Crippen molar-refractivity contribution in [3.05, 3.63) is 64.7 Å². The average Bonchev–Trinajstić information content (AvgIpc) is 2.60. The molecule has 0 atom stereocenters. The van der Waals surface area contributed by atoms with Gasteiger partial charge < -0.3 is 5.32 Å². The molecule has 120 valence electrons. The molecular formula is C21H25NO. The maximum atomic E-state index is 12.6. The minimum atomic E-state index is 0.0186. The Bertz CT molecular complexity index is 673. The average molecular weight is 307 g/mol. The molecule has 0 spiro atoms. The Balaban J connectivity index is 1.72. The van der Waals surface area contributed by atoms with E-state index < -0.39 is 0 Å². The van der Waals surface area contributed by atoms with E-state index in [9.17, 15) is 4.79 Å². The molecule has 2 nitrogen and oxygen atoms in total. The fourth-order valence-electron chi connectivity index (χ4n) is 3.33. The van der Waals surface area contributed by atoms with Crippen molar-refractivity contribution in [1.29, 1.82) is 0 Å². The lowest BCUT2D eigenvalue weighted by atomic mass is 9.88. The highest BCUT2D eigenvalue weighted by Crippen LogP contribution is 2.25. The molecule has 0 unspecified atom stereocenters. The summed E-state index contributed by atoms with van der Waals surface area (Å²) in [5.74, 6) is 0.0186. The van der Waals surface area contributed by atoms with Crippen LogP contribution in [0.5, 0.6) is 0 Å². The molecule has 0 saturated carbocycles. The Kier molecular flexibility index (Phi) is 5.12. The Morgan fingerprint density at radius 3 is 2.61 bits per heavy atom. The molecule has 1 amide bonds. The molecule has 2 aromatic rings. The van der Waals surface area contributed by atoms with Gasteiger partial charge in [0.1, 0.15) is 0 Å². The minimum absolute atomic E-state index is 0.0186. The van der Waals surface area contributed by atoms with Crippen LogP contribution in [0.2, 0.25) is 0 Å². The molecule has 0 saturated heterocycles. The Morgan fingerprint density at radius 2 is 1.83 bits per heavy atom. The van der Waals surface area contributed by atoms with Crippen LogP contribution < -0.4 is 5.32 Å². The molecule has 0 aromatic heterocycles. The van der Waals surface area contributed by atoms with Crippen molar-refractivity contribution in [3.8, 4) is 0 Å². The van der Waals surface area contributed by atoms with Crippen LogP contribution in [-0.4, -0.2) is 5.91 Å². The number of anilines is 1. The molecule has 0 aliphatic heterocycles. The highest BCUT2D eigenvalue weighted by Gasteiger charge is 2.17. The third-order valence-electron chi connectivity index (χ3n) is 4.67. The van der Waals surface area contributed by atoms with Gasteiger partial charge in [-0.25, -0.2) is 0 Å². The van der Waals surface area contributed by atoms with Crippen molar-refractivity contribution in [2.45, 2.75) is 51.9 Å². The van der Waals surface area contributed by atoms with Gasteiger partial charge in [0.2, 0.25) is 0 Å². The van der Waals surface area contributed by atoms with E-state index in [-0.39, 0.29) is 5.91 Å². The number of hydrogen-bond donors (Lipinski definition) is 1.